The zero-order valence-corrected chi connectivity index (χ0v) is 12.0. The Morgan fingerprint density at radius 2 is 1.90 bits per heavy atom. The van der Waals surface area contributed by atoms with E-state index in [2.05, 4.69) is 29.4 Å². The molecule has 0 aliphatic carbocycles. The number of hydrogen-bond acceptors (Lipinski definition) is 4. The molecule has 0 fully saturated rings. The van der Waals surface area contributed by atoms with Gasteiger partial charge in [0.1, 0.15) is 5.82 Å². The van der Waals surface area contributed by atoms with Crippen molar-refractivity contribution in [3.8, 4) is 6.07 Å². The molecule has 2 rings (SSSR count). The van der Waals surface area contributed by atoms with Crippen molar-refractivity contribution in [3.05, 3.63) is 53.7 Å². The summed E-state index contributed by atoms with van der Waals surface area (Å²) in [6.45, 7) is 2.10. The van der Waals surface area contributed by atoms with Gasteiger partial charge in [-0.25, -0.2) is 4.98 Å². The highest BCUT2D eigenvalue weighted by Gasteiger charge is 2.07. The van der Waals surface area contributed by atoms with Gasteiger partial charge in [0.2, 0.25) is 0 Å². The molecule has 0 spiro atoms. The van der Waals surface area contributed by atoms with Gasteiger partial charge in [-0.15, -0.1) is 0 Å². The van der Waals surface area contributed by atoms with Crippen LogP contribution in [0.3, 0.4) is 0 Å². The zero-order chi connectivity index (χ0) is 14.5. The summed E-state index contributed by atoms with van der Waals surface area (Å²) in [5, 5.41) is 12.0. The molecule has 1 N–H and O–H groups in total. The van der Waals surface area contributed by atoms with Gasteiger partial charge in [0, 0.05) is 25.0 Å². The van der Waals surface area contributed by atoms with E-state index in [4.69, 9.17) is 5.26 Å². The Bertz CT molecular complexity index is 596. The number of pyridine rings is 1. The lowest BCUT2D eigenvalue weighted by molar-refractivity contribution is 0.649. The molecule has 0 saturated heterocycles. The van der Waals surface area contributed by atoms with Crippen LogP contribution in [0.5, 0.6) is 0 Å². The zero-order valence-electron chi connectivity index (χ0n) is 12.0. The molecule has 1 atom stereocenters. The summed E-state index contributed by atoms with van der Waals surface area (Å²) >= 11 is 0. The van der Waals surface area contributed by atoms with Crippen LogP contribution in [0, 0.1) is 11.3 Å². The summed E-state index contributed by atoms with van der Waals surface area (Å²) in [6, 6.07) is 13.9. The predicted molar refractivity (Wildman–Crippen MR) is 80.9 cm³/mol. The van der Waals surface area contributed by atoms with E-state index in [0.717, 1.165) is 17.1 Å². The summed E-state index contributed by atoms with van der Waals surface area (Å²) < 4.78 is 0. The summed E-state index contributed by atoms with van der Waals surface area (Å²) in [5.74, 6) is 0.877. The van der Waals surface area contributed by atoms with E-state index in [1.165, 1.54) is 0 Å². The Hall–Kier alpha value is -2.38. The first-order valence-corrected chi connectivity index (χ1v) is 6.53. The maximum absolute atomic E-state index is 8.81. The lowest BCUT2D eigenvalue weighted by atomic mass is 10.1. The molecule has 1 heterocycles. The lowest BCUT2D eigenvalue weighted by Gasteiger charge is -2.19. The summed E-state index contributed by atoms with van der Waals surface area (Å²) in [5.41, 5.74) is 2.82. The number of nitrogens with zero attached hydrogens (tertiary/aromatic N) is 3. The van der Waals surface area contributed by atoms with Crippen molar-refractivity contribution in [1.82, 2.24) is 10.3 Å². The molecular formula is C16H18N4. The Morgan fingerprint density at radius 3 is 2.40 bits per heavy atom. The standard InChI is InChI=1S/C16H18N4/c1-12(18-2)14-6-9-16(19-11-14)20(3)15-7-4-13(10-17)5-8-15/h4-9,11-12,18H,1-3H3. The minimum absolute atomic E-state index is 0.289. The van der Waals surface area contributed by atoms with E-state index in [-0.39, 0.29) is 6.04 Å². The number of anilines is 2. The first-order chi connectivity index (χ1) is 9.65. The number of nitriles is 1. The number of benzene rings is 1. The third kappa shape index (κ3) is 2.95. The number of rotatable bonds is 4. The molecule has 0 amide bonds. The van der Waals surface area contributed by atoms with Crippen molar-refractivity contribution < 1.29 is 0 Å². The molecule has 1 aromatic heterocycles. The minimum atomic E-state index is 0.289. The average Bonchev–Trinajstić information content (AvgIpc) is 2.53. The molecule has 0 bridgehead atoms. The van der Waals surface area contributed by atoms with E-state index in [1.807, 2.05) is 55.5 Å². The summed E-state index contributed by atoms with van der Waals surface area (Å²) in [6.07, 6.45) is 1.89. The smallest absolute Gasteiger partial charge is 0.132 e. The highest BCUT2D eigenvalue weighted by Crippen LogP contribution is 2.23. The van der Waals surface area contributed by atoms with Gasteiger partial charge in [-0.1, -0.05) is 6.07 Å². The summed E-state index contributed by atoms with van der Waals surface area (Å²) in [4.78, 5) is 6.48. The van der Waals surface area contributed by atoms with E-state index < -0.39 is 0 Å². The molecule has 0 aliphatic rings. The number of hydrogen-bond donors (Lipinski definition) is 1. The van der Waals surface area contributed by atoms with Gasteiger partial charge in [0.15, 0.2) is 0 Å². The molecule has 0 aliphatic heterocycles. The van der Waals surface area contributed by atoms with Gasteiger partial charge in [-0.05, 0) is 49.9 Å². The fourth-order valence-electron chi connectivity index (χ4n) is 1.91. The van der Waals surface area contributed by atoms with Crippen LogP contribution in [0.15, 0.2) is 42.6 Å². The maximum atomic E-state index is 8.81. The minimum Gasteiger partial charge on any atom is -0.329 e. The van der Waals surface area contributed by atoms with Gasteiger partial charge in [-0.3, -0.25) is 0 Å². The molecule has 0 radical (unpaired) electrons. The van der Waals surface area contributed by atoms with Crippen molar-refractivity contribution in [3.63, 3.8) is 0 Å². The van der Waals surface area contributed by atoms with Crippen molar-refractivity contribution in [2.24, 2.45) is 0 Å². The van der Waals surface area contributed by atoms with Crippen molar-refractivity contribution >= 4 is 11.5 Å². The third-order valence-electron chi connectivity index (χ3n) is 3.43. The van der Waals surface area contributed by atoms with Crippen LogP contribution in [0.4, 0.5) is 11.5 Å². The molecule has 1 aromatic carbocycles. The van der Waals surface area contributed by atoms with Crippen LogP contribution in [-0.4, -0.2) is 19.1 Å². The molecule has 2 aromatic rings. The predicted octanol–water partition coefficient (Wildman–Crippen LogP) is 3.00. The van der Waals surface area contributed by atoms with Crippen LogP contribution in [0.25, 0.3) is 0 Å². The van der Waals surface area contributed by atoms with E-state index >= 15 is 0 Å². The Kier molecular flexibility index (Phi) is 4.34. The normalized spacial score (nSPS) is 11.7. The first kappa shape index (κ1) is 14.0. The molecular weight excluding hydrogens is 248 g/mol. The molecule has 20 heavy (non-hydrogen) atoms. The molecule has 4 heteroatoms. The van der Waals surface area contributed by atoms with Gasteiger partial charge < -0.3 is 10.2 Å². The van der Waals surface area contributed by atoms with Crippen LogP contribution >= 0.6 is 0 Å². The van der Waals surface area contributed by atoms with Crippen molar-refractivity contribution in [2.75, 3.05) is 19.0 Å². The highest BCUT2D eigenvalue weighted by molar-refractivity contribution is 5.60. The van der Waals surface area contributed by atoms with E-state index in [0.29, 0.717) is 5.56 Å². The number of aromatic nitrogens is 1. The largest absolute Gasteiger partial charge is 0.329 e. The number of nitrogens with one attached hydrogen (secondary N) is 1. The maximum Gasteiger partial charge on any atom is 0.132 e. The van der Waals surface area contributed by atoms with E-state index in [1.54, 1.807) is 0 Å². The molecule has 4 nitrogen and oxygen atoms in total. The third-order valence-corrected chi connectivity index (χ3v) is 3.43. The second kappa shape index (κ2) is 6.18. The fraction of sp³-hybridized carbons (Fsp3) is 0.250. The van der Waals surface area contributed by atoms with E-state index in [9.17, 15) is 0 Å². The Morgan fingerprint density at radius 1 is 1.20 bits per heavy atom. The van der Waals surface area contributed by atoms with Crippen LogP contribution in [0.1, 0.15) is 24.1 Å². The van der Waals surface area contributed by atoms with Crippen LogP contribution in [0.2, 0.25) is 0 Å². The second-order valence-corrected chi connectivity index (χ2v) is 4.68. The van der Waals surface area contributed by atoms with Crippen LogP contribution in [-0.2, 0) is 0 Å². The summed E-state index contributed by atoms with van der Waals surface area (Å²) in [7, 11) is 3.90. The first-order valence-electron chi connectivity index (χ1n) is 6.53. The quantitative estimate of drug-likeness (QED) is 0.924. The molecule has 1 unspecified atom stereocenters. The topological polar surface area (TPSA) is 52.0 Å². The second-order valence-electron chi connectivity index (χ2n) is 4.68. The Balaban J connectivity index is 2.20. The monoisotopic (exact) mass is 266 g/mol. The lowest BCUT2D eigenvalue weighted by Crippen LogP contribution is -2.14. The van der Waals surface area contributed by atoms with Gasteiger partial charge >= 0.3 is 0 Å². The highest BCUT2D eigenvalue weighted by atomic mass is 15.2. The van der Waals surface area contributed by atoms with Gasteiger partial charge in [0.05, 0.1) is 11.6 Å². The van der Waals surface area contributed by atoms with Crippen LogP contribution < -0.4 is 10.2 Å². The van der Waals surface area contributed by atoms with Crippen molar-refractivity contribution in [2.45, 2.75) is 13.0 Å². The molecule has 102 valence electrons. The fourth-order valence-corrected chi connectivity index (χ4v) is 1.91. The molecule has 0 saturated carbocycles. The van der Waals surface area contributed by atoms with Gasteiger partial charge in [-0.2, -0.15) is 5.26 Å². The Labute approximate surface area is 119 Å². The average molecular weight is 266 g/mol. The van der Waals surface area contributed by atoms with Gasteiger partial charge in [0.25, 0.3) is 0 Å². The SMILES string of the molecule is CNC(C)c1ccc(N(C)c2ccc(C#N)cc2)nc1. The van der Waals surface area contributed by atoms with Crippen molar-refractivity contribution in [1.29, 1.82) is 5.26 Å².